The maximum atomic E-state index is 13.6. The van der Waals surface area contributed by atoms with Gasteiger partial charge in [0.2, 0.25) is 0 Å². The molecule has 1 fully saturated rings. The first-order chi connectivity index (χ1) is 9.29. The summed E-state index contributed by atoms with van der Waals surface area (Å²) in [4.78, 5) is 2.02. The van der Waals surface area contributed by atoms with Gasteiger partial charge in [-0.3, -0.25) is 0 Å². The fourth-order valence-electron chi connectivity index (χ4n) is 3.04. The van der Waals surface area contributed by atoms with Gasteiger partial charge >= 0.3 is 0 Å². The number of nitrogens with two attached hydrogens (primary N) is 1. The summed E-state index contributed by atoms with van der Waals surface area (Å²) in [7, 11) is 0. The normalized spacial score (nSPS) is 20.9. The van der Waals surface area contributed by atoms with Crippen molar-refractivity contribution in [2.24, 2.45) is 11.3 Å². The van der Waals surface area contributed by atoms with Crippen LogP contribution >= 0.6 is 0 Å². The molecule has 0 aromatic heterocycles. The summed E-state index contributed by atoms with van der Waals surface area (Å²) in [5, 5.41) is 0. The van der Waals surface area contributed by atoms with Gasteiger partial charge in [0.15, 0.2) is 5.82 Å². The average molecular weight is 282 g/mol. The Hall–Kier alpha value is -1.32. The second-order valence-corrected chi connectivity index (χ2v) is 6.80. The average Bonchev–Trinajstić information content (AvgIpc) is 2.58. The van der Waals surface area contributed by atoms with Gasteiger partial charge in [0, 0.05) is 19.2 Å². The Morgan fingerprint density at radius 3 is 2.50 bits per heavy atom. The number of benzene rings is 1. The molecule has 1 saturated heterocycles. The molecule has 1 heterocycles. The van der Waals surface area contributed by atoms with Crippen LogP contribution in [-0.4, -0.2) is 13.1 Å². The monoisotopic (exact) mass is 282 g/mol. The van der Waals surface area contributed by atoms with Gasteiger partial charge < -0.3 is 10.6 Å². The molecular formula is C16H24F2N2. The third-order valence-corrected chi connectivity index (χ3v) is 4.37. The van der Waals surface area contributed by atoms with E-state index in [0.29, 0.717) is 11.6 Å². The van der Waals surface area contributed by atoms with Gasteiger partial charge in [-0.05, 0) is 36.7 Å². The summed E-state index contributed by atoms with van der Waals surface area (Å²) in [5.41, 5.74) is 6.60. The Balaban J connectivity index is 2.19. The number of rotatable bonds is 1. The smallest absolute Gasteiger partial charge is 0.151 e. The molecule has 2 nitrogen and oxygen atoms in total. The van der Waals surface area contributed by atoms with E-state index in [1.54, 1.807) is 0 Å². The number of nitrogen functional groups attached to an aromatic ring is 1. The summed E-state index contributed by atoms with van der Waals surface area (Å²) >= 11 is 0. The maximum Gasteiger partial charge on any atom is 0.151 e. The van der Waals surface area contributed by atoms with Crippen molar-refractivity contribution in [1.82, 2.24) is 0 Å². The van der Waals surface area contributed by atoms with Gasteiger partial charge in [-0.2, -0.15) is 0 Å². The molecule has 0 radical (unpaired) electrons. The minimum absolute atomic E-state index is 0.0561. The summed E-state index contributed by atoms with van der Waals surface area (Å²) < 4.78 is 27.0. The predicted molar refractivity (Wildman–Crippen MR) is 79.8 cm³/mol. The van der Waals surface area contributed by atoms with Gasteiger partial charge in [-0.25, -0.2) is 8.78 Å². The van der Waals surface area contributed by atoms with Crippen molar-refractivity contribution in [3.05, 3.63) is 23.8 Å². The highest BCUT2D eigenvalue weighted by molar-refractivity contribution is 5.68. The number of hydrogen-bond donors (Lipinski definition) is 1. The topological polar surface area (TPSA) is 29.3 Å². The Morgan fingerprint density at radius 1 is 1.15 bits per heavy atom. The zero-order valence-electron chi connectivity index (χ0n) is 12.5. The lowest BCUT2D eigenvalue weighted by molar-refractivity contribution is 0.220. The highest BCUT2D eigenvalue weighted by atomic mass is 19.1. The van der Waals surface area contributed by atoms with Crippen LogP contribution in [-0.2, 0) is 0 Å². The van der Waals surface area contributed by atoms with Crippen molar-refractivity contribution in [2.75, 3.05) is 23.7 Å². The molecule has 20 heavy (non-hydrogen) atoms. The summed E-state index contributed by atoms with van der Waals surface area (Å²) in [6.07, 6.45) is 3.21. The van der Waals surface area contributed by atoms with Gasteiger partial charge in [-0.15, -0.1) is 0 Å². The molecule has 1 aliphatic heterocycles. The molecule has 2 N–H and O–H groups in total. The Kier molecular flexibility index (Phi) is 4.21. The molecule has 4 heteroatoms. The fourth-order valence-corrected chi connectivity index (χ4v) is 3.04. The standard InChI is InChI=1S/C16H24F2N2/c1-16(2,3)11-5-4-7-20(8-6-11)14-10-12(17)9-13(18)15(14)19/h9-11H,4-8,19H2,1-3H3. The molecule has 1 aliphatic rings. The lowest BCUT2D eigenvalue weighted by Gasteiger charge is -2.30. The molecule has 0 amide bonds. The lowest BCUT2D eigenvalue weighted by Crippen LogP contribution is -2.27. The van der Waals surface area contributed by atoms with E-state index >= 15 is 0 Å². The molecule has 112 valence electrons. The highest BCUT2D eigenvalue weighted by Gasteiger charge is 2.28. The lowest BCUT2D eigenvalue weighted by atomic mass is 9.77. The second-order valence-electron chi connectivity index (χ2n) is 6.80. The number of anilines is 2. The molecule has 1 atom stereocenters. The quantitative estimate of drug-likeness (QED) is 0.782. The molecular weight excluding hydrogens is 258 g/mol. The van der Waals surface area contributed by atoms with Crippen LogP contribution in [0.5, 0.6) is 0 Å². The van der Waals surface area contributed by atoms with Crippen molar-refractivity contribution in [1.29, 1.82) is 0 Å². The van der Waals surface area contributed by atoms with Gasteiger partial charge in [0.1, 0.15) is 5.82 Å². The van der Waals surface area contributed by atoms with Crippen LogP contribution in [0.15, 0.2) is 12.1 Å². The third kappa shape index (κ3) is 3.22. The van der Waals surface area contributed by atoms with Crippen molar-refractivity contribution in [2.45, 2.75) is 40.0 Å². The van der Waals surface area contributed by atoms with E-state index in [-0.39, 0.29) is 11.1 Å². The minimum atomic E-state index is -0.670. The van der Waals surface area contributed by atoms with Gasteiger partial charge in [0.25, 0.3) is 0 Å². The van der Waals surface area contributed by atoms with Crippen LogP contribution < -0.4 is 10.6 Å². The number of nitrogens with zero attached hydrogens (tertiary/aromatic N) is 1. The SMILES string of the molecule is CC(C)(C)C1CCCN(c2cc(F)cc(F)c2N)CC1. The van der Waals surface area contributed by atoms with E-state index in [4.69, 9.17) is 5.73 Å². The van der Waals surface area contributed by atoms with Crippen molar-refractivity contribution in [3.8, 4) is 0 Å². The minimum Gasteiger partial charge on any atom is -0.395 e. The first-order valence-electron chi connectivity index (χ1n) is 7.28. The Bertz CT molecular complexity index is 480. The molecule has 0 saturated carbocycles. The van der Waals surface area contributed by atoms with Crippen molar-refractivity contribution >= 4 is 11.4 Å². The van der Waals surface area contributed by atoms with Crippen LogP contribution in [0.4, 0.5) is 20.2 Å². The zero-order chi connectivity index (χ0) is 14.9. The molecule has 2 rings (SSSR count). The molecule has 1 unspecified atom stereocenters. The van der Waals surface area contributed by atoms with E-state index in [1.807, 2.05) is 4.90 Å². The van der Waals surface area contributed by atoms with Crippen LogP contribution in [0.3, 0.4) is 0 Å². The fraction of sp³-hybridized carbons (Fsp3) is 0.625. The summed E-state index contributed by atoms with van der Waals surface area (Å²) in [5.74, 6) is -0.605. The maximum absolute atomic E-state index is 13.6. The predicted octanol–water partition coefficient (Wildman–Crippen LogP) is 4.20. The van der Waals surface area contributed by atoms with Crippen LogP contribution in [0.1, 0.15) is 40.0 Å². The first-order valence-corrected chi connectivity index (χ1v) is 7.28. The summed E-state index contributed by atoms with van der Waals surface area (Å²) in [6, 6.07) is 2.18. The number of halogens is 2. The Labute approximate surface area is 120 Å². The largest absolute Gasteiger partial charge is 0.395 e. The molecule has 1 aromatic rings. The zero-order valence-corrected chi connectivity index (χ0v) is 12.5. The van der Waals surface area contributed by atoms with E-state index in [9.17, 15) is 8.78 Å². The van der Waals surface area contributed by atoms with E-state index in [2.05, 4.69) is 20.8 Å². The second kappa shape index (κ2) is 5.58. The van der Waals surface area contributed by atoms with Crippen LogP contribution in [0.25, 0.3) is 0 Å². The molecule has 1 aromatic carbocycles. The van der Waals surface area contributed by atoms with E-state index < -0.39 is 11.6 Å². The van der Waals surface area contributed by atoms with Gasteiger partial charge in [-0.1, -0.05) is 20.8 Å². The highest BCUT2D eigenvalue weighted by Crippen LogP contribution is 2.36. The van der Waals surface area contributed by atoms with E-state index in [1.165, 1.54) is 6.07 Å². The van der Waals surface area contributed by atoms with E-state index in [0.717, 1.165) is 38.4 Å². The van der Waals surface area contributed by atoms with Crippen LogP contribution in [0, 0.1) is 23.0 Å². The Morgan fingerprint density at radius 2 is 1.85 bits per heavy atom. The third-order valence-electron chi connectivity index (χ3n) is 4.37. The van der Waals surface area contributed by atoms with Gasteiger partial charge in [0.05, 0.1) is 11.4 Å². The molecule has 0 aliphatic carbocycles. The molecule has 0 spiro atoms. The van der Waals surface area contributed by atoms with Crippen molar-refractivity contribution < 1.29 is 8.78 Å². The van der Waals surface area contributed by atoms with Crippen molar-refractivity contribution in [3.63, 3.8) is 0 Å². The number of hydrogen-bond acceptors (Lipinski definition) is 2. The summed E-state index contributed by atoms with van der Waals surface area (Å²) in [6.45, 7) is 8.37. The first kappa shape index (κ1) is 15.1. The molecule has 0 bridgehead atoms. The van der Waals surface area contributed by atoms with Crippen LogP contribution in [0.2, 0.25) is 0 Å².